The molecule has 0 saturated heterocycles. The van der Waals surface area contributed by atoms with E-state index in [1.165, 1.54) is 0 Å². The van der Waals surface area contributed by atoms with Crippen molar-refractivity contribution in [1.29, 1.82) is 0 Å². The van der Waals surface area contributed by atoms with Gasteiger partial charge in [-0.1, -0.05) is 18.2 Å². The number of hydrogen-bond acceptors (Lipinski definition) is 3. The van der Waals surface area contributed by atoms with Gasteiger partial charge in [-0.15, -0.1) is 0 Å². The lowest BCUT2D eigenvalue weighted by Gasteiger charge is -2.08. The third-order valence-electron chi connectivity index (χ3n) is 2.52. The highest BCUT2D eigenvalue weighted by Crippen LogP contribution is 2.10. The summed E-state index contributed by atoms with van der Waals surface area (Å²) in [6.45, 7) is 3.16. The van der Waals surface area contributed by atoms with Crippen molar-refractivity contribution in [2.45, 2.75) is 25.9 Å². The number of nitrogens with two attached hydrogens (primary N) is 1. The number of carbonyl (C=O) groups excluding carboxylic acids is 1. The standard InChI is InChI=1S/C13H20N2O2/c1-10(16)9-15-8-4-6-11-5-2-3-7-12(11)13(14)17/h2-3,5,7,10,15-16H,4,6,8-9H2,1H3,(H2,14,17). The number of carbonyl (C=O) groups is 1. The topological polar surface area (TPSA) is 75.3 Å². The van der Waals surface area contributed by atoms with Crippen molar-refractivity contribution in [3.63, 3.8) is 0 Å². The Labute approximate surface area is 102 Å². The van der Waals surface area contributed by atoms with Crippen LogP contribution in [0.5, 0.6) is 0 Å². The van der Waals surface area contributed by atoms with Gasteiger partial charge in [0, 0.05) is 12.1 Å². The molecule has 0 saturated carbocycles. The molecule has 1 amide bonds. The van der Waals surface area contributed by atoms with Crippen LogP contribution in [0.3, 0.4) is 0 Å². The number of benzene rings is 1. The Morgan fingerprint density at radius 3 is 2.82 bits per heavy atom. The molecule has 1 aromatic rings. The van der Waals surface area contributed by atoms with Crippen molar-refractivity contribution in [2.24, 2.45) is 5.73 Å². The largest absolute Gasteiger partial charge is 0.392 e. The smallest absolute Gasteiger partial charge is 0.248 e. The third kappa shape index (κ3) is 4.97. The summed E-state index contributed by atoms with van der Waals surface area (Å²) < 4.78 is 0. The summed E-state index contributed by atoms with van der Waals surface area (Å²) in [6, 6.07) is 7.40. The van der Waals surface area contributed by atoms with Crippen LogP contribution in [0.4, 0.5) is 0 Å². The quantitative estimate of drug-likeness (QED) is 0.610. The minimum atomic E-state index is -0.377. The van der Waals surface area contributed by atoms with Crippen molar-refractivity contribution in [3.05, 3.63) is 35.4 Å². The van der Waals surface area contributed by atoms with Gasteiger partial charge in [-0.2, -0.15) is 0 Å². The average molecular weight is 236 g/mol. The van der Waals surface area contributed by atoms with Crippen LogP contribution < -0.4 is 11.1 Å². The molecule has 0 fully saturated rings. The molecule has 0 aliphatic heterocycles. The predicted molar refractivity (Wildman–Crippen MR) is 67.8 cm³/mol. The zero-order chi connectivity index (χ0) is 12.7. The first-order chi connectivity index (χ1) is 8.11. The highest BCUT2D eigenvalue weighted by atomic mass is 16.3. The zero-order valence-corrected chi connectivity index (χ0v) is 10.1. The number of aliphatic hydroxyl groups is 1. The normalized spacial score (nSPS) is 12.4. The van der Waals surface area contributed by atoms with Gasteiger partial charge in [0.25, 0.3) is 0 Å². The van der Waals surface area contributed by atoms with Crippen LogP contribution in [-0.2, 0) is 6.42 Å². The van der Waals surface area contributed by atoms with Crippen molar-refractivity contribution >= 4 is 5.91 Å². The number of aliphatic hydroxyl groups excluding tert-OH is 1. The van der Waals surface area contributed by atoms with E-state index in [1.54, 1.807) is 13.0 Å². The molecule has 0 aliphatic carbocycles. The van der Waals surface area contributed by atoms with Gasteiger partial charge >= 0.3 is 0 Å². The molecular formula is C13H20N2O2. The van der Waals surface area contributed by atoms with Crippen LogP contribution >= 0.6 is 0 Å². The van der Waals surface area contributed by atoms with Gasteiger partial charge in [-0.05, 0) is 37.9 Å². The number of amides is 1. The van der Waals surface area contributed by atoms with Crippen molar-refractivity contribution in [3.8, 4) is 0 Å². The number of rotatable bonds is 7. The molecule has 0 aromatic heterocycles. The van der Waals surface area contributed by atoms with E-state index in [1.807, 2.05) is 18.2 Å². The molecule has 0 spiro atoms. The van der Waals surface area contributed by atoms with E-state index in [0.29, 0.717) is 12.1 Å². The highest BCUT2D eigenvalue weighted by molar-refractivity contribution is 5.94. The molecule has 0 radical (unpaired) electrons. The zero-order valence-electron chi connectivity index (χ0n) is 10.1. The van der Waals surface area contributed by atoms with Crippen molar-refractivity contribution < 1.29 is 9.90 Å². The lowest BCUT2D eigenvalue weighted by atomic mass is 10.0. The number of primary amides is 1. The second-order valence-electron chi connectivity index (χ2n) is 4.18. The Balaban J connectivity index is 2.39. The lowest BCUT2D eigenvalue weighted by Crippen LogP contribution is -2.25. The number of nitrogens with one attached hydrogen (secondary N) is 1. The van der Waals surface area contributed by atoms with Crippen LogP contribution in [0.2, 0.25) is 0 Å². The van der Waals surface area contributed by atoms with E-state index in [4.69, 9.17) is 10.8 Å². The lowest BCUT2D eigenvalue weighted by molar-refractivity contribution is 0.0999. The molecule has 0 aliphatic rings. The minimum Gasteiger partial charge on any atom is -0.392 e. The summed E-state index contributed by atoms with van der Waals surface area (Å²) in [5.74, 6) is -0.377. The fraction of sp³-hybridized carbons (Fsp3) is 0.462. The van der Waals surface area contributed by atoms with E-state index in [2.05, 4.69) is 5.32 Å². The van der Waals surface area contributed by atoms with E-state index >= 15 is 0 Å². The molecule has 4 heteroatoms. The first-order valence-electron chi connectivity index (χ1n) is 5.87. The monoisotopic (exact) mass is 236 g/mol. The van der Waals surface area contributed by atoms with Crippen molar-refractivity contribution in [2.75, 3.05) is 13.1 Å². The first-order valence-corrected chi connectivity index (χ1v) is 5.87. The summed E-state index contributed by atoms with van der Waals surface area (Å²) >= 11 is 0. The maximum absolute atomic E-state index is 11.2. The molecule has 94 valence electrons. The molecule has 17 heavy (non-hydrogen) atoms. The molecule has 1 aromatic carbocycles. The highest BCUT2D eigenvalue weighted by Gasteiger charge is 2.06. The Morgan fingerprint density at radius 1 is 1.47 bits per heavy atom. The summed E-state index contributed by atoms with van der Waals surface area (Å²) in [6.07, 6.45) is 1.40. The van der Waals surface area contributed by atoms with E-state index < -0.39 is 0 Å². The molecule has 1 atom stereocenters. The second-order valence-corrected chi connectivity index (χ2v) is 4.18. The van der Waals surface area contributed by atoms with Gasteiger partial charge in [-0.25, -0.2) is 0 Å². The maximum atomic E-state index is 11.2. The van der Waals surface area contributed by atoms with E-state index in [-0.39, 0.29) is 12.0 Å². The number of hydrogen-bond donors (Lipinski definition) is 3. The predicted octanol–water partition coefficient (Wildman–Crippen LogP) is 0.689. The second kappa shape index (κ2) is 7.04. The van der Waals surface area contributed by atoms with Crippen LogP contribution in [0.25, 0.3) is 0 Å². The molecule has 4 N–H and O–H groups in total. The third-order valence-corrected chi connectivity index (χ3v) is 2.52. The van der Waals surface area contributed by atoms with Gasteiger partial charge in [0.05, 0.1) is 6.10 Å². The maximum Gasteiger partial charge on any atom is 0.248 e. The van der Waals surface area contributed by atoms with Gasteiger partial charge in [0.2, 0.25) is 5.91 Å². The van der Waals surface area contributed by atoms with Crippen LogP contribution in [0.15, 0.2) is 24.3 Å². The molecule has 0 heterocycles. The van der Waals surface area contributed by atoms with Gasteiger partial charge < -0.3 is 16.2 Å². The summed E-state index contributed by atoms with van der Waals surface area (Å²) in [5.41, 5.74) is 6.88. The fourth-order valence-electron chi connectivity index (χ4n) is 1.69. The van der Waals surface area contributed by atoms with Crippen LogP contribution in [0.1, 0.15) is 29.3 Å². The molecule has 1 unspecified atom stereocenters. The molecular weight excluding hydrogens is 216 g/mol. The first kappa shape index (κ1) is 13.7. The van der Waals surface area contributed by atoms with Gasteiger partial charge in [0.1, 0.15) is 0 Å². The van der Waals surface area contributed by atoms with E-state index in [0.717, 1.165) is 24.9 Å². The SMILES string of the molecule is CC(O)CNCCCc1ccccc1C(N)=O. The molecule has 4 nitrogen and oxygen atoms in total. The average Bonchev–Trinajstić information content (AvgIpc) is 2.28. The van der Waals surface area contributed by atoms with Gasteiger partial charge in [-0.3, -0.25) is 4.79 Å². The summed E-state index contributed by atoms with van der Waals surface area (Å²) in [7, 11) is 0. The van der Waals surface area contributed by atoms with Crippen LogP contribution in [-0.4, -0.2) is 30.2 Å². The summed E-state index contributed by atoms with van der Waals surface area (Å²) in [5, 5.41) is 12.2. The molecule has 0 bridgehead atoms. The Morgan fingerprint density at radius 2 is 2.18 bits per heavy atom. The van der Waals surface area contributed by atoms with Crippen LogP contribution in [0, 0.1) is 0 Å². The van der Waals surface area contributed by atoms with E-state index in [9.17, 15) is 4.79 Å². The Hall–Kier alpha value is -1.39. The Kier molecular flexibility index (Phi) is 5.66. The molecule has 1 rings (SSSR count). The fourth-order valence-corrected chi connectivity index (χ4v) is 1.69. The number of aryl methyl sites for hydroxylation is 1. The minimum absolute atomic E-state index is 0.326. The Bertz CT molecular complexity index is 364. The van der Waals surface area contributed by atoms with Crippen molar-refractivity contribution in [1.82, 2.24) is 5.32 Å². The van der Waals surface area contributed by atoms with Gasteiger partial charge in [0.15, 0.2) is 0 Å². The summed E-state index contributed by atoms with van der Waals surface area (Å²) in [4.78, 5) is 11.2.